The molecule has 1 amide bonds. The molecule has 1 atom stereocenters. The van der Waals surface area contributed by atoms with Crippen LogP contribution in [-0.2, 0) is 17.6 Å². The molecule has 1 aliphatic rings. The topological polar surface area (TPSA) is 109 Å². The van der Waals surface area contributed by atoms with Crippen LogP contribution in [0.25, 0.3) is 10.9 Å². The molecule has 0 aliphatic carbocycles. The number of hydrogen-bond acceptors (Lipinski definition) is 7. The van der Waals surface area contributed by atoms with E-state index in [0.29, 0.717) is 46.7 Å². The number of nitrogens with zero attached hydrogens (tertiary/aromatic N) is 6. The predicted octanol–water partition coefficient (Wildman–Crippen LogP) is 9.14. The van der Waals surface area contributed by atoms with Crippen molar-refractivity contribution in [3.05, 3.63) is 105 Å². The van der Waals surface area contributed by atoms with E-state index in [9.17, 15) is 14.4 Å². The van der Waals surface area contributed by atoms with Crippen molar-refractivity contribution in [1.29, 1.82) is 5.26 Å². The van der Waals surface area contributed by atoms with Crippen molar-refractivity contribution in [2.75, 3.05) is 16.8 Å². The predicted molar refractivity (Wildman–Crippen MR) is 186 cm³/mol. The number of ether oxygens (including phenoxy) is 1. The summed E-state index contributed by atoms with van der Waals surface area (Å²) < 4.78 is 21.5. The summed E-state index contributed by atoms with van der Waals surface area (Å²) in [6.07, 6.45) is 4.16. The molecule has 48 heavy (non-hydrogen) atoms. The number of carbonyl (C=O) groups is 1. The molecular weight excluding hydrogens is 652 g/mol. The van der Waals surface area contributed by atoms with Crippen molar-refractivity contribution in [3.8, 4) is 6.07 Å². The molecule has 0 radical (unpaired) electrons. The first-order valence-corrected chi connectivity index (χ1v) is 16.4. The molecule has 6 rings (SSSR count). The van der Waals surface area contributed by atoms with Crippen LogP contribution in [0.5, 0.6) is 0 Å². The molecule has 5 aromatic rings. The van der Waals surface area contributed by atoms with Crippen molar-refractivity contribution in [3.63, 3.8) is 0 Å². The third kappa shape index (κ3) is 6.66. The average molecular weight is 687 g/mol. The largest absolute Gasteiger partial charge is 0.443 e. The molecule has 2 aromatic heterocycles. The number of hydrogen-bond donors (Lipinski definition) is 1. The molecule has 9 nitrogen and oxygen atoms in total. The van der Waals surface area contributed by atoms with E-state index in [1.807, 2.05) is 69.8 Å². The minimum absolute atomic E-state index is 0.0477. The molecule has 0 spiro atoms. The zero-order chi connectivity index (χ0) is 34.3. The molecule has 0 bridgehead atoms. The molecule has 0 saturated carbocycles. The fourth-order valence-corrected chi connectivity index (χ4v) is 6.45. The Morgan fingerprint density at radius 3 is 2.62 bits per heavy atom. The van der Waals surface area contributed by atoms with Gasteiger partial charge in [0.25, 0.3) is 0 Å². The molecule has 12 heteroatoms. The molecule has 0 unspecified atom stereocenters. The number of halogens is 3. The van der Waals surface area contributed by atoms with E-state index in [0.717, 1.165) is 28.1 Å². The maximum Gasteiger partial charge on any atom is 0.414 e. The first-order chi connectivity index (χ1) is 22.8. The molecule has 0 saturated heterocycles. The van der Waals surface area contributed by atoms with Crippen LogP contribution >= 0.6 is 23.2 Å². The molecule has 1 N–H and O–H groups in total. The van der Waals surface area contributed by atoms with Gasteiger partial charge in [0.1, 0.15) is 17.5 Å². The number of amides is 1. The maximum absolute atomic E-state index is 13.9. The van der Waals surface area contributed by atoms with E-state index in [1.165, 1.54) is 18.3 Å². The normalized spacial score (nSPS) is 13.5. The van der Waals surface area contributed by atoms with Crippen LogP contribution in [-0.4, -0.2) is 38.2 Å². The monoisotopic (exact) mass is 685 g/mol. The summed E-state index contributed by atoms with van der Waals surface area (Å²) in [5.74, 6) is -0.798. The summed E-state index contributed by atoms with van der Waals surface area (Å²) in [5, 5.41) is 23.2. The Kier molecular flexibility index (Phi) is 9.03. The van der Waals surface area contributed by atoms with Crippen molar-refractivity contribution in [2.24, 2.45) is 0 Å². The van der Waals surface area contributed by atoms with Crippen LogP contribution in [0.4, 0.5) is 26.2 Å². The number of benzene rings is 3. The van der Waals surface area contributed by atoms with Gasteiger partial charge in [-0.2, -0.15) is 5.26 Å². The molecule has 0 fully saturated rings. The van der Waals surface area contributed by atoms with Crippen LogP contribution in [0.3, 0.4) is 0 Å². The fraction of sp³-hybridized carbons (Fsp3) is 0.306. The van der Waals surface area contributed by atoms with E-state index in [-0.39, 0.29) is 28.6 Å². The number of anilines is 3. The Balaban J connectivity index is 1.45. The highest BCUT2D eigenvalue weighted by molar-refractivity contribution is 6.35. The zero-order valence-electron chi connectivity index (χ0n) is 27.2. The number of rotatable bonds is 7. The highest BCUT2D eigenvalue weighted by atomic mass is 35.5. The van der Waals surface area contributed by atoms with E-state index >= 15 is 0 Å². The Labute approximate surface area is 288 Å². The summed E-state index contributed by atoms with van der Waals surface area (Å²) >= 11 is 12.9. The van der Waals surface area contributed by atoms with E-state index in [2.05, 4.69) is 32.7 Å². The van der Waals surface area contributed by atoms with Crippen molar-refractivity contribution < 1.29 is 13.9 Å². The van der Waals surface area contributed by atoms with Gasteiger partial charge in [-0.3, -0.25) is 9.88 Å². The van der Waals surface area contributed by atoms with Gasteiger partial charge in [0, 0.05) is 42.0 Å². The van der Waals surface area contributed by atoms with Gasteiger partial charge >= 0.3 is 6.09 Å². The maximum atomic E-state index is 13.9. The van der Waals surface area contributed by atoms with Crippen LogP contribution in [0.15, 0.2) is 60.9 Å². The molecular formula is C36H34Cl2FN7O2. The third-order valence-electron chi connectivity index (χ3n) is 8.20. The van der Waals surface area contributed by atoms with Crippen molar-refractivity contribution in [1.82, 2.24) is 20.0 Å². The number of fused-ring (bicyclic) bond motifs is 2. The summed E-state index contributed by atoms with van der Waals surface area (Å²) in [6, 6.07) is 16.4. The first kappa shape index (κ1) is 33.2. The standard InChI is InChI=1S/C36H34Cl2FN7O2/c1-20(2)46-19-31(43-44-46)26(24-7-6-8-32-25(24)11-12-45(32)35(47)48-36(3,4)5)13-21-14-27-33(42-23-9-10-30(39)28(37)16-23)22(17-40)18-41-34(27)29(38)15-21/h6-10,14-16,18-20,26H,11-13H2,1-5H3,(H,41,42)/t26-/m0/s1. The van der Waals surface area contributed by atoms with Gasteiger partial charge in [-0.25, -0.2) is 13.9 Å². The van der Waals surface area contributed by atoms with Crippen molar-refractivity contribution in [2.45, 2.75) is 65.0 Å². The lowest BCUT2D eigenvalue weighted by molar-refractivity contribution is 0.0584. The lowest BCUT2D eigenvalue weighted by atomic mass is 9.85. The van der Waals surface area contributed by atoms with Gasteiger partial charge in [0.2, 0.25) is 0 Å². The SMILES string of the molecule is CC(C)n1cc([C@@H](Cc2cc(Cl)c3ncc(C#N)c(Nc4ccc(F)c(Cl)c4)c3c2)c2cccc3c2CCN3C(=O)OC(C)(C)C)nn1. The van der Waals surface area contributed by atoms with Gasteiger partial charge in [-0.1, -0.05) is 40.5 Å². The molecule has 3 aromatic carbocycles. The third-order valence-corrected chi connectivity index (χ3v) is 8.78. The van der Waals surface area contributed by atoms with E-state index < -0.39 is 11.4 Å². The van der Waals surface area contributed by atoms with Gasteiger partial charge in [-0.05, 0) is 101 Å². The number of carbonyl (C=O) groups excluding carboxylic acids is 1. The molecule has 246 valence electrons. The Hall–Kier alpha value is -4.72. The van der Waals surface area contributed by atoms with Crippen molar-refractivity contribution >= 4 is 57.3 Å². The minimum Gasteiger partial charge on any atom is -0.443 e. The summed E-state index contributed by atoms with van der Waals surface area (Å²) in [6.45, 7) is 10.1. The number of pyridine rings is 1. The van der Waals surface area contributed by atoms with Crippen LogP contribution in [0.1, 0.15) is 74.5 Å². The average Bonchev–Trinajstić information content (AvgIpc) is 3.70. The number of nitrogens with one attached hydrogen (secondary N) is 1. The van der Waals surface area contributed by atoms with Gasteiger partial charge in [0.05, 0.1) is 38.2 Å². The van der Waals surface area contributed by atoms with Crippen LogP contribution in [0, 0.1) is 17.1 Å². The number of aromatic nitrogens is 4. The Bertz CT molecular complexity index is 2080. The molecule has 3 heterocycles. The van der Waals surface area contributed by atoms with Crippen LogP contribution in [0.2, 0.25) is 10.0 Å². The van der Waals surface area contributed by atoms with Gasteiger partial charge in [-0.15, -0.1) is 5.10 Å². The lowest BCUT2D eigenvalue weighted by Crippen LogP contribution is -2.35. The van der Waals surface area contributed by atoms with Crippen LogP contribution < -0.4 is 10.2 Å². The second-order valence-corrected chi connectivity index (χ2v) is 13.9. The quantitative estimate of drug-likeness (QED) is 0.182. The number of nitriles is 1. The van der Waals surface area contributed by atoms with Gasteiger partial charge in [0.15, 0.2) is 0 Å². The first-order valence-electron chi connectivity index (χ1n) is 15.6. The highest BCUT2D eigenvalue weighted by Gasteiger charge is 2.33. The Morgan fingerprint density at radius 1 is 1.15 bits per heavy atom. The summed E-state index contributed by atoms with van der Waals surface area (Å²) in [7, 11) is 0. The second-order valence-electron chi connectivity index (χ2n) is 13.1. The summed E-state index contributed by atoms with van der Waals surface area (Å²) in [4.78, 5) is 19.3. The highest BCUT2D eigenvalue weighted by Crippen LogP contribution is 2.40. The van der Waals surface area contributed by atoms with E-state index in [4.69, 9.17) is 27.9 Å². The van der Waals surface area contributed by atoms with Gasteiger partial charge < -0.3 is 10.1 Å². The smallest absolute Gasteiger partial charge is 0.414 e. The molecule has 1 aliphatic heterocycles. The minimum atomic E-state index is -0.623. The second kappa shape index (κ2) is 13.1. The lowest BCUT2D eigenvalue weighted by Gasteiger charge is -2.25. The van der Waals surface area contributed by atoms with E-state index in [1.54, 1.807) is 11.0 Å². The zero-order valence-corrected chi connectivity index (χ0v) is 28.7. The summed E-state index contributed by atoms with van der Waals surface area (Å²) in [5.41, 5.74) is 5.67. The Morgan fingerprint density at radius 2 is 1.94 bits per heavy atom. The fourth-order valence-electron chi connectivity index (χ4n) is 5.98.